The lowest BCUT2D eigenvalue weighted by molar-refractivity contribution is -0.136. The van der Waals surface area contributed by atoms with Gasteiger partial charge in [0.25, 0.3) is 0 Å². The molecule has 0 fully saturated rings. The number of hydrogen-bond acceptors (Lipinski definition) is 5. The summed E-state index contributed by atoms with van der Waals surface area (Å²) in [5.41, 5.74) is 0.176. The molecule has 0 aliphatic rings. The Morgan fingerprint density at radius 2 is 1.82 bits per heavy atom. The van der Waals surface area contributed by atoms with Gasteiger partial charge in [-0.2, -0.15) is 0 Å². The van der Waals surface area contributed by atoms with Crippen LogP contribution in [0.3, 0.4) is 0 Å². The minimum atomic E-state index is -0.881. The van der Waals surface area contributed by atoms with Gasteiger partial charge in [0.05, 0.1) is 18.8 Å². The van der Waals surface area contributed by atoms with Gasteiger partial charge >= 0.3 is 5.97 Å². The average molecular weight is 390 g/mol. The normalized spacial score (nSPS) is 10.9. The molecule has 0 aromatic heterocycles. The molecule has 0 heterocycles. The average Bonchev–Trinajstić information content (AvgIpc) is 2.66. The third-order valence-electron chi connectivity index (χ3n) is 3.54. The summed E-state index contributed by atoms with van der Waals surface area (Å²) in [7, 11) is 1.50. The van der Waals surface area contributed by atoms with Gasteiger partial charge < -0.3 is 14.2 Å². The van der Waals surface area contributed by atoms with E-state index in [0.717, 1.165) is 24.3 Å². The minimum absolute atomic E-state index is 0.0225. The summed E-state index contributed by atoms with van der Waals surface area (Å²) in [4.78, 5) is 23.7. The third kappa shape index (κ3) is 5.90. The first-order valence-electron chi connectivity index (χ1n) is 8.48. The third-order valence-corrected chi connectivity index (χ3v) is 3.54. The summed E-state index contributed by atoms with van der Waals surface area (Å²) in [5, 5.41) is 0. The van der Waals surface area contributed by atoms with E-state index in [1.165, 1.54) is 13.2 Å². The monoisotopic (exact) mass is 390 g/mol. The lowest BCUT2D eigenvalue weighted by atomic mass is 10.1. The number of rotatable bonds is 8. The maximum absolute atomic E-state index is 13.5. The first-order valence-corrected chi connectivity index (χ1v) is 8.48. The number of carbonyl (C=O) groups excluding carboxylic acids is 2. The molecule has 7 heteroatoms. The summed E-state index contributed by atoms with van der Waals surface area (Å²) in [6.07, 6.45) is 2.57. The predicted molar refractivity (Wildman–Crippen MR) is 99.4 cm³/mol. The van der Waals surface area contributed by atoms with Gasteiger partial charge in [0.2, 0.25) is 5.78 Å². The van der Waals surface area contributed by atoms with Gasteiger partial charge in [-0.1, -0.05) is 6.07 Å². The number of Topliss-reactive ketones (excluding diaryl/α,β-unsaturated/α-hetero) is 1. The van der Waals surface area contributed by atoms with Crippen LogP contribution in [0, 0.1) is 11.6 Å². The molecule has 2 aromatic rings. The number of benzene rings is 2. The molecular formula is C21H20F2O5. The van der Waals surface area contributed by atoms with Crippen LogP contribution in [-0.2, 0) is 9.53 Å². The Bertz CT molecular complexity index is 890. The van der Waals surface area contributed by atoms with Crippen LogP contribution in [0.4, 0.5) is 8.78 Å². The van der Waals surface area contributed by atoms with Crippen molar-refractivity contribution in [2.45, 2.75) is 20.0 Å². The first-order chi connectivity index (χ1) is 13.3. The molecule has 0 saturated carbocycles. The van der Waals surface area contributed by atoms with E-state index in [0.29, 0.717) is 17.1 Å². The van der Waals surface area contributed by atoms with E-state index in [1.807, 2.05) is 13.8 Å². The smallest absolute Gasteiger partial charge is 0.331 e. The van der Waals surface area contributed by atoms with Crippen LogP contribution < -0.4 is 9.47 Å². The molecule has 0 aliphatic heterocycles. The summed E-state index contributed by atoms with van der Waals surface area (Å²) in [6.45, 7) is 3.08. The molecule has 0 amide bonds. The van der Waals surface area contributed by atoms with Gasteiger partial charge in [0.1, 0.15) is 11.6 Å². The van der Waals surface area contributed by atoms with Gasteiger partial charge in [-0.25, -0.2) is 13.6 Å². The maximum Gasteiger partial charge on any atom is 0.331 e. The lowest BCUT2D eigenvalue weighted by Gasteiger charge is -2.13. The standard InChI is InChI=1S/C21H20F2O5/c1-13(2)28-19-8-4-14(10-20(19)26-3)5-9-21(25)27-12-18(24)16-11-15(22)6-7-17(16)23/h4-11,13H,12H2,1-3H3/b9-5+. The molecule has 2 rings (SSSR count). The Hall–Kier alpha value is -3.22. The summed E-state index contributed by atoms with van der Waals surface area (Å²) in [5.74, 6) is -2.20. The Labute approximate surface area is 161 Å². The van der Waals surface area contributed by atoms with Crippen LogP contribution >= 0.6 is 0 Å². The highest BCUT2D eigenvalue weighted by molar-refractivity contribution is 5.99. The van der Waals surface area contributed by atoms with Gasteiger partial charge in [0, 0.05) is 6.08 Å². The van der Waals surface area contributed by atoms with Crippen LogP contribution in [0.2, 0.25) is 0 Å². The molecule has 148 valence electrons. The molecule has 2 aromatic carbocycles. The van der Waals surface area contributed by atoms with Crippen molar-refractivity contribution < 1.29 is 32.6 Å². The van der Waals surface area contributed by atoms with Gasteiger partial charge in [-0.05, 0) is 55.8 Å². The van der Waals surface area contributed by atoms with Crippen molar-refractivity contribution in [3.8, 4) is 11.5 Å². The number of ketones is 1. The number of carbonyl (C=O) groups is 2. The van der Waals surface area contributed by atoms with Crippen molar-refractivity contribution >= 4 is 17.8 Å². The Morgan fingerprint density at radius 1 is 1.07 bits per heavy atom. The lowest BCUT2D eigenvalue weighted by Crippen LogP contribution is -2.14. The first kappa shape index (κ1) is 21.1. The van der Waals surface area contributed by atoms with E-state index >= 15 is 0 Å². The van der Waals surface area contributed by atoms with Crippen molar-refractivity contribution in [2.24, 2.45) is 0 Å². The molecule has 0 saturated heterocycles. The quantitative estimate of drug-likeness (QED) is 0.384. The van der Waals surface area contributed by atoms with Crippen molar-refractivity contribution in [3.63, 3.8) is 0 Å². The Kier molecular flexibility index (Phi) is 7.26. The van der Waals surface area contributed by atoms with Gasteiger partial charge in [-0.3, -0.25) is 4.79 Å². The van der Waals surface area contributed by atoms with Crippen molar-refractivity contribution in [1.29, 1.82) is 0 Å². The fraction of sp³-hybridized carbons (Fsp3) is 0.238. The second-order valence-corrected chi connectivity index (χ2v) is 6.07. The maximum atomic E-state index is 13.5. The molecule has 5 nitrogen and oxygen atoms in total. The van der Waals surface area contributed by atoms with E-state index in [1.54, 1.807) is 18.2 Å². The molecule has 0 atom stereocenters. The molecule has 0 bridgehead atoms. The van der Waals surface area contributed by atoms with Gasteiger partial charge in [0.15, 0.2) is 18.1 Å². The zero-order chi connectivity index (χ0) is 20.7. The Morgan fingerprint density at radius 3 is 2.50 bits per heavy atom. The van der Waals surface area contributed by atoms with E-state index in [4.69, 9.17) is 14.2 Å². The molecule has 28 heavy (non-hydrogen) atoms. The summed E-state index contributed by atoms with van der Waals surface area (Å²) >= 11 is 0. The van der Waals surface area contributed by atoms with Crippen LogP contribution in [0.5, 0.6) is 11.5 Å². The predicted octanol–water partition coefficient (Wildman–Crippen LogP) is 4.20. The van der Waals surface area contributed by atoms with Crippen LogP contribution in [0.25, 0.3) is 6.08 Å². The summed E-state index contributed by atoms with van der Waals surface area (Å²) in [6, 6.07) is 7.59. The number of hydrogen-bond donors (Lipinski definition) is 0. The van der Waals surface area contributed by atoms with Gasteiger partial charge in [-0.15, -0.1) is 0 Å². The fourth-order valence-electron chi connectivity index (χ4n) is 2.28. The van der Waals surface area contributed by atoms with E-state index < -0.39 is 35.6 Å². The zero-order valence-corrected chi connectivity index (χ0v) is 15.7. The largest absolute Gasteiger partial charge is 0.493 e. The topological polar surface area (TPSA) is 61.8 Å². The van der Waals surface area contributed by atoms with Crippen LogP contribution in [-0.4, -0.2) is 31.6 Å². The van der Waals surface area contributed by atoms with Crippen molar-refractivity contribution in [2.75, 3.05) is 13.7 Å². The Balaban J connectivity index is 1.98. The second kappa shape index (κ2) is 9.64. The van der Waals surface area contributed by atoms with E-state index in [-0.39, 0.29) is 6.10 Å². The van der Waals surface area contributed by atoms with Crippen molar-refractivity contribution in [1.82, 2.24) is 0 Å². The molecule has 0 spiro atoms. The number of ether oxygens (including phenoxy) is 3. The minimum Gasteiger partial charge on any atom is -0.493 e. The SMILES string of the molecule is COc1cc(/C=C/C(=O)OCC(=O)c2cc(F)ccc2F)ccc1OC(C)C. The highest BCUT2D eigenvalue weighted by Gasteiger charge is 2.14. The van der Waals surface area contributed by atoms with Crippen molar-refractivity contribution in [3.05, 3.63) is 65.2 Å². The zero-order valence-electron chi connectivity index (χ0n) is 15.7. The number of esters is 1. The fourth-order valence-corrected chi connectivity index (χ4v) is 2.28. The highest BCUT2D eigenvalue weighted by Crippen LogP contribution is 2.29. The van der Waals surface area contributed by atoms with Crippen LogP contribution in [0.1, 0.15) is 29.8 Å². The van der Waals surface area contributed by atoms with Crippen LogP contribution in [0.15, 0.2) is 42.5 Å². The molecule has 0 aliphatic carbocycles. The molecular weight excluding hydrogens is 370 g/mol. The molecule has 0 unspecified atom stereocenters. The highest BCUT2D eigenvalue weighted by atomic mass is 19.1. The number of methoxy groups -OCH3 is 1. The number of halogens is 2. The molecule has 0 N–H and O–H groups in total. The van der Waals surface area contributed by atoms with E-state index in [2.05, 4.69) is 0 Å². The van der Waals surface area contributed by atoms with E-state index in [9.17, 15) is 18.4 Å². The summed E-state index contributed by atoms with van der Waals surface area (Å²) < 4.78 is 42.3. The molecule has 0 radical (unpaired) electrons. The second-order valence-electron chi connectivity index (χ2n) is 6.07.